The highest BCUT2D eigenvalue weighted by Crippen LogP contribution is 2.34. The zero-order chi connectivity index (χ0) is 12.6. The maximum Gasteiger partial charge on any atom is 0.254 e. The van der Waals surface area contributed by atoms with Gasteiger partial charge in [-0.1, -0.05) is 17.7 Å². The monoisotopic (exact) mass is 245 g/mol. The van der Waals surface area contributed by atoms with Gasteiger partial charge >= 0.3 is 0 Å². The molecule has 0 radical (unpaired) electrons. The molecule has 0 aromatic heterocycles. The van der Waals surface area contributed by atoms with Crippen LogP contribution in [0.5, 0.6) is 0 Å². The van der Waals surface area contributed by atoms with Gasteiger partial charge in [0, 0.05) is 12.2 Å². The molecular weight excluding hydrogens is 226 g/mol. The molecule has 3 rings (SSSR count). The standard InChI is InChI=1S/C15H19NO2/c1-12-5-4-6-13(9-12)14(17)16-10-15(11-16)7-2-3-8-18-15/h4-6,9H,2-3,7-8,10-11H2,1H3. The number of amides is 1. The third-order valence-electron chi connectivity index (χ3n) is 3.95. The summed E-state index contributed by atoms with van der Waals surface area (Å²) >= 11 is 0. The topological polar surface area (TPSA) is 29.5 Å². The number of carbonyl (C=O) groups is 1. The van der Waals surface area contributed by atoms with Crippen molar-refractivity contribution in [3.8, 4) is 0 Å². The first-order valence-electron chi connectivity index (χ1n) is 6.69. The number of aryl methyl sites for hydroxylation is 1. The molecule has 0 saturated carbocycles. The van der Waals surface area contributed by atoms with Crippen molar-refractivity contribution < 1.29 is 9.53 Å². The lowest BCUT2D eigenvalue weighted by Gasteiger charge is -2.51. The fourth-order valence-corrected chi connectivity index (χ4v) is 2.91. The summed E-state index contributed by atoms with van der Waals surface area (Å²) in [6.07, 6.45) is 3.49. The van der Waals surface area contributed by atoms with E-state index in [9.17, 15) is 4.79 Å². The molecule has 0 unspecified atom stereocenters. The van der Waals surface area contributed by atoms with Gasteiger partial charge in [0.1, 0.15) is 5.60 Å². The van der Waals surface area contributed by atoms with E-state index in [1.807, 2.05) is 36.1 Å². The van der Waals surface area contributed by atoms with Crippen LogP contribution in [0.15, 0.2) is 24.3 Å². The quantitative estimate of drug-likeness (QED) is 0.760. The van der Waals surface area contributed by atoms with Crippen LogP contribution in [0.3, 0.4) is 0 Å². The van der Waals surface area contributed by atoms with Gasteiger partial charge in [-0.05, 0) is 38.3 Å². The lowest BCUT2D eigenvalue weighted by Crippen LogP contribution is -2.65. The molecule has 0 aliphatic carbocycles. The van der Waals surface area contributed by atoms with Gasteiger partial charge in [-0.3, -0.25) is 4.79 Å². The molecule has 0 atom stereocenters. The van der Waals surface area contributed by atoms with Crippen LogP contribution in [-0.4, -0.2) is 36.1 Å². The van der Waals surface area contributed by atoms with Gasteiger partial charge in [0.05, 0.1) is 13.1 Å². The van der Waals surface area contributed by atoms with Gasteiger partial charge in [0.15, 0.2) is 0 Å². The minimum atomic E-state index is -0.0161. The first kappa shape index (κ1) is 11.7. The van der Waals surface area contributed by atoms with Crippen molar-refractivity contribution in [2.45, 2.75) is 31.8 Å². The van der Waals surface area contributed by atoms with Crippen LogP contribution in [0, 0.1) is 6.92 Å². The Morgan fingerprint density at radius 1 is 1.33 bits per heavy atom. The highest BCUT2D eigenvalue weighted by atomic mass is 16.5. The van der Waals surface area contributed by atoms with Gasteiger partial charge in [-0.15, -0.1) is 0 Å². The van der Waals surface area contributed by atoms with E-state index in [4.69, 9.17) is 4.74 Å². The van der Waals surface area contributed by atoms with Gasteiger partial charge in [-0.25, -0.2) is 0 Å². The molecule has 18 heavy (non-hydrogen) atoms. The maximum absolute atomic E-state index is 12.3. The van der Waals surface area contributed by atoms with Crippen LogP contribution in [-0.2, 0) is 4.74 Å². The van der Waals surface area contributed by atoms with Crippen LogP contribution in [0.1, 0.15) is 35.2 Å². The molecule has 0 N–H and O–H groups in total. The molecule has 1 amide bonds. The lowest BCUT2D eigenvalue weighted by molar-refractivity contribution is -0.152. The van der Waals surface area contributed by atoms with Crippen LogP contribution in [0.4, 0.5) is 0 Å². The predicted molar refractivity (Wildman–Crippen MR) is 69.6 cm³/mol. The molecule has 2 fully saturated rings. The zero-order valence-corrected chi connectivity index (χ0v) is 10.8. The van der Waals surface area contributed by atoms with E-state index < -0.39 is 0 Å². The average molecular weight is 245 g/mol. The largest absolute Gasteiger partial charge is 0.371 e. The Kier molecular flexibility index (Phi) is 2.86. The second kappa shape index (κ2) is 4.39. The Balaban J connectivity index is 1.66. The molecule has 2 aliphatic heterocycles. The van der Waals surface area contributed by atoms with Crippen molar-refractivity contribution in [3.05, 3.63) is 35.4 Å². The van der Waals surface area contributed by atoms with Crippen LogP contribution < -0.4 is 0 Å². The molecule has 0 bridgehead atoms. The Morgan fingerprint density at radius 3 is 2.83 bits per heavy atom. The van der Waals surface area contributed by atoms with E-state index in [0.717, 1.165) is 43.7 Å². The van der Waals surface area contributed by atoms with E-state index in [1.54, 1.807) is 0 Å². The van der Waals surface area contributed by atoms with E-state index in [2.05, 4.69) is 0 Å². The van der Waals surface area contributed by atoms with Crippen LogP contribution >= 0.6 is 0 Å². The van der Waals surface area contributed by atoms with Gasteiger partial charge in [0.25, 0.3) is 5.91 Å². The van der Waals surface area contributed by atoms with E-state index in [1.165, 1.54) is 6.42 Å². The first-order chi connectivity index (χ1) is 8.69. The third-order valence-corrected chi connectivity index (χ3v) is 3.95. The van der Waals surface area contributed by atoms with Gasteiger partial charge in [-0.2, -0.15) is 0 Å². The summed E-state index contributed by atoms with van der Waals surface area (Å²) in [5, 5.41) is 0. The van der Waals surface area contributed by atoms with E-state index >= 15 is 0 Å². The molecule has 1 aromatic carbocycles. The average Bonchev–Trinajstić information content (AvgIpc) is 2.36. The van der Waals surface area contributed by atoms with Gasteiger partial charge in [0.2, 0.25) is 0 Å². The molecule has 3 heteroatoms. The predicted octanol–water partition coefficient (Wildman–Crippen LogP) is 2.39. The summed E-state index contributed by atoms with van der Waals surface area (Å²) in [6.45, 7) is 4.39. The van der Waals surface area contributed by atoms with E-state index in [0.29, 0.717) is 0 Å². The molecule has 1 aromatic rings. The van der Waals surface area contributed by atoms with Crippen molar-refractivity contribution in [1.82, 2.24) is 4.90 Å². The van der Waals surface area contributed by atoms with Crippen molar-refractivity contribution in [2.75, 3.05) is 19.7 Å². The third kappa shape index (κ3) is 2.03. The Labute approximate surface area is 108 Å². The molecule has 1 spiro atoms. The smallest absolute Gasteiger partial charge is 0.254 e. The summed E-state index contributed by atoms with van der Waals surface area (Å²) < 4.78 is 5.85. The molecule has 3 nitrogen and oxygen atoms in total. The lowest BCUT2D eigenvalue weighted by atomic mass is 9.85. The zero-order valence-electron chi connectivity index (χ0n) is 10.8. The van der Waals surface area contributed by atoms with Crippen LogP contribution in [0.2, 0.25) is 0 Å². The highest BCUT2D eigenvalue weighted by Gasteiger charge is 2.47. The van der Waals surface area contributed by atoms with Crippen molar-refractivity contribution in [3.63, 3.8) is 0 Å². The molecule has 2 aliphatic rings. The van der Waals surface area contributed by atoms with Crippen molar-refractivity contribution >= 4 is 5.91 Å². The second-order valence-electron chi connectivity index (χ2n) is 5.52. The Hall–Kier alpha value is -1.35. The summed E-state index contributed by atoms with van der Waals surface area (Å²) in [5.41, 5.74) is 1.91. The number of carbonyl (C=O) groups excluding carboxylic acids is 1. The summed E-state index contributed by atoms with van der Waals surface area (Å²) in [6, 6.07) is 7.80. The fourth-order valence-electron chi connectivity index (χ4n) is 2.91. The minimum absolute atomic E-state index is 0.0161. The Morgan fingerprint density at radius 2 is 2.17 bits per heavy atom. The normalized spacial score (nSPS) is 21.7. The van der Waals surface area contributed by atoms with Gasteiger partial charge < -0.3 is 9.64 Å². The first-order valence-corrected chi connectivity index (χ1v) is 6.69. The van der Waals surface area contributed by atoms with Crippen molar-refractivity contribution in [2.24, 2.45) is 0 Å². The number of rotatable bonds is 1. The Bertz CT molecular complexity index is 455. The van der Waals surface area contributed by atoms with Crippen molar-refractivity contribution in [1.29, 1.82) is 0 Å². The second-order valence-corrected chi connectivity index (χ2v) is 5.52. The number of likely N-dealkylation sites (tertiary alicyclic amines) is 1. The molecular formula is C15H19NO2. The highest BCUT2D eigenvalue weighted by molar-refractivity contribution is 5.95. The minimum Gasteiger partial charge on any atom is -0.371 e. The molecule has 96 valence electrons. The number of benzene rings is 1. The van der Waals surface area contributed by atoms with E-state index in [-0.39, 0.29) is 11.5 Å². The fraction of sp³-hybridized carbons (Fsp3) is 0.533. The SMILES string of the molecule is Cc1cccc(C(=O)N2CC3(CCCCO3)C2)c1. The molecule has 2 heterocycles. The number of hydrogen-bond acceptors (Lipinski definition) is 2. The number of ether oxygens (including phenoxy) is 1. The van der Waals surface area contributed by atoms with Crippen LogP contribution in [0.25, 0.3) is 0 Å². The summed E-state index contributed by atoms with van der Waals surface area (Å²) in [7, 11) is 0. The maximum atomic E-state index is 12.3. The number of hydrogen-bond donors (Lipinski definition) is 0. The number of nitrogens with zero attached hydrogens (tertiary/aromatic N) is 1. The molecule has 2 saturated heterocycles. The summed E-state index contributed by atoms with van der Waals surface area (Å²) in [4.78, 5) is 14.2. The summed E-state index contributed by atoms with van der Waals surface area (Å²) in [5.74, 6) is 0.137.